The maximum Gasteiger partial charge on any atom is 0.320 e. The van der Waals surface area contributed by atoms with Crippen LogP contribution in [0.1, 0.15) is 20.3 Å². The van der Waals surface area contributed by atoms with Gasteiger partial charge in [0, 0.05) is 19.0 Å². The number of hydrazone groups is 1. The average Bonchev–Trinajstić information content (AvgIpc) is 2.76. The van der Waals surface area contributed by atoms with Crippen molar-refractivity contribution in [2.45, 2.75) is 26.3 Å². The number of amidine groups is 1. The molecule has 2 N–H and O–H groups in total. The molecule has 0 spiro atoms. The standard InChI is InChI=1S/C13H17ClN4O/c1-9(2)15-13(19)16-12-7-8-18(17-12)11-6-4-3-5-10(11)14/h3-6,9H,7-8H2,1-2H3,(H2,15,16,17,19). The molecule has 5 nitrogen and oxygen atoms in total. The van der Waals surface area contributed by atoms with Gasteiger partial charge in [-0.1, -0.05) is 23.7 Å². The normalized spacial score (nSPS) is 14.5. The molecule has 19 heavy (non-hydrogen) atoms. The van der Waals surface area contributed by atoms with Crippen LogP contribution in [-0.4, -0.2) is 24.5 Å². The smallest absolute Gasteiger partial charge is 0.320 e. The van der Waals surface area contributed by atoms with Crippen LogP contribution in [0.2, 0.25) is 5.02 Å². The summed E-state index contributed by atoms with van der Waals surface area (Å²) in [5, 5.41) is 12.3. The molecule has 1 aliphatic rings. The number of hydrogen-bond donors (Lipinski definition) is 2. The topological polar surface area (TPSA) is 56.7 Å². The van der Waals surface area contributed by atoms with Gasteiger partial charge in [-0.25, -0.2) is 4.79 Å². The summed E-state index contributed by atoms with van der Waals surface area (Å²) < 4.78 is 0. The van der Waals surface area contributed by atoms with Crippen LogP contribution in [0.3, 0.4) is 0 Å². The summed E-state index contributed by atoms with van der Waals surface area (Å²) in [6, 6.07) is 7.39. The van der Waals surface area contributed by atoms with E-state index in [4.69, 9.17) is 11.6 Å². The Kier molecular flexibility index (Phi) is 4.27. The molecule has 1 aromatic carbocycles. The molecule has 6 heteroatoms. The van der Waals surface area contributed by atoms with E-state index in [0.29, 0.717) is 23.8 Å². The Morgan fingerprint density at radius 2 is 2.16 bits per heavy atom. The number of urea groups is 1. The summed E-state index contributed by atoms with van der Waals surface area (Å²) in [5.74, 6) is 0.651. The lowest BCUT2D eigenvalue weighted by atomic mass is 10.3. The second kappa shape index (κ2) is 5.93. The second-order valence-corrected chi connectivity index (χ2v) is 5.03. The number of nitrogens with zero attached hydrogens (tertiary/aromatic N) is 2. The number of amides is 2. The molecule has 2 amide bonds. The fourth-order valence-corrected chi connectivity index (χ4v) is 2.04. The van der Waals surface area contributed by atoms with E-state index in [0.717, 1.165) is 5.69 Å². The van der Waals surface area contributed by atoms with Crippen molar-refractivity contribution in [3.63, 3.8) is 0 Å². The minimum Gasteiger partial charge on any atom is -0.336 e. The first-order valence-corrected chi connectivity index (χ1v) is 6.61. The monoisotopic (exact) mass is 280 g/mol. The van der Waals surface area contributed by atoms with Crippen LogP contribution in [0, 0.1) is 0 Å². The number of hydrogen-bond acceptors (Lipinski definition) is 3. The molecule has 1 aromatic rings. The van der Waals surface area contributed by atoms with Gasteiger partial charge in [-0.2, -0.15) is 5.10 Å². The minimum atomic E-state index is -0.227. The molecule has 0 saturated carbocycles. The van der Waals surface area contributed by atoms with Gasteiger partial charge in [-0.05, 0) is 26.0 Å². The number of rotatable bonds is 2. The third-order valence-electron chi connectivity index (χ3n) is 2.61. The number of para-hydroxylation sites is 1. The summed E-state index contributed by atoms with van der Waals surface area (Å²) in [6.07, 6.45) is 0.691. The quantitative estimate of drug-likeness (QED) is 0.875. The van der Waals surface area contributed by atoms with E-state index in [1.165, 1.54) is 0 Å². The zero-order chi connectivity index (χ0) is 13.8. The molecule has 2 rings (SSSR count). The van der Waals surface area contributed by atoms with Crippen molar-refractivity contribution < 1.29 is 4.79 Å². The number of carbonyl (C=O) groups excluding carboxylic acids is 1. The maximum atomic E-state index is 11.6. The van der Waals surface area contributed by atoms with Gasteiger partial charge in [0.15, 0.2) is 0 Å². The van der Waals surface area contributed by atoms with Crippen molar-refractivity contribution in [2.24, 2.45) is 5.10 Å². The van der Waals surface area contributed by atoms with Gasteiger partial charge < -0.3 is 5.32 Å². The van der Waals surface area contributed by atoms with E-state index < -0.39 is 0 Å². The van der Waals surface area contributed by atoms with Crippen LogP contribution in [0.5, 0.6) is 0 Å². The molecule has 1 heterocycles. The van der Waals surface area contributed by atoms with Gasteiger partial charge in [-0.15, -0.1) is 0 Å². The number of nitrogens with one attached hydrogen (secondary N) is 2. The first-order chi connectivity index (χ1) is 9.06. The van der Waals surface area contributed by atoms with Crippen molar-refractivity contribution >= 4 is 29.2 Å². The van der Waals surface area contributed by atoms with Crippen LogP contribution in [0.25, 0.3) is 0 Å². The molecule has 0 aromatic heterocycles. The van der Waals surface area contributed by atoms with E-state index in [-0.39, 0.29) is 12.1 Å². The fourth-order valence-electron chi connectivity index (χ4n) is 1.81. The number of halogens is 1. The van der Waals surface area contributed by atoms with Gasteiger partial charge in [0.05, 0.1) is 10.7 Å². The summed E-state index contributed by atoms with van der Waals surface area (Å²) in [4.78, 5) is 11.6. The highest BCUT2D eigenvalue weighted by molar-refractivity contribution is 6.33. The summed E-state index contributed by atoms with van der Waals surface area (Å²) in [6.45, 7) is 4.53. The third kappa shape index (κ3) is 3.61. The van der Waals surface area contributed by atoms with Crippen molar-refractivity contribution in [2.75, 3.05) is 11.6 Å². The Balaban J connectivity index is 2.01. The van der Waals surface area contributed by atoms with Crippen molar-refractivity contribution in [3.05, 3.63) is 29.3 Å². The van der Waals surface area contributed by atoms with E-state index in [9.17, 15) is 4.79 Å². The highest BCUT2D eigenvalue weighted by Crippen LogP contribution is 2.27. The summed E-state index contributed by atoms with van der Waals surface area (Å²) >= 11 is 6.12. The Bertz CT molecular complexity index is 501. The molecule has 102 valence electrons. The minimum absolute atomic E-state index is 0.0988. The van der Waals surface area contributed by atoms with Crippen LogP contribution in [0.4, 0.5) is 10.5 Å². The Hall–Kier alpha value is -1.75. The second-order valence-electron chi connectivity index (χ2n) is 4.62. The highest BCUT2D eigenvalue weighted by atomic mass is 35.5. The van der Waals surface area contributed by atoms with Crippen molar-refractivity contribution in [1.29, 1.82) is 0 Å². The van der Waals surface area contributed by atoms with Crippen molar-refractivity contribution in [1.82, 2.24) is 10.6 Å². The maximum absolute atomic E-state index is 11.6. The van der Waals surface area contributed by atoms with Gasteiger partial charge in [0.1, 0.15) is 5.84 Å². The average molecular weight is 281 g/mol. The van der Waals surface area contributed by atoms with E-state index in [1.807, 2.05) is 38.1 Å². The summed E-state index contributed by atoms with van der Waals surface area (Å²) in [7, 11) is 0. The number of anilines is 1. The fraction of sp³-hybridized carbons (Fsp3) is 0.385. The molecule has 0 saturated heterocycles. The van der Waals surface area contributed by atoms with Gasteiger partial charge in [0.2, 0.25) is 0 Å². The predicted octanol–water partition coefficient (Wildman–Crippen LogP) is 2.57. The lowest BCUT2D eigenvalue weighted by molar-refractivity contribution is 0.243. The lowest BCUT2D eigenvalue weighted by Crippen LogP contribution is -2.42. The molecular formula is C13H17ClN4O. The van der Waals surface area contributed by atoms with Gasteiger partial charge in [-0.3, -0.25) is 10.3 Å². The largest absolute Gasteiger partial charge is 0.336 e. The predicted molar refractivity (Wildman–Crippen MR) is 77.7 cm³/mol. The molecule has 0 aliphatic carbocycles. The molecule has 0 radical (unpaired) electrons. The zero-order valence-electron chi connectivity index (χ0n) is 11.0. The Labute approximate surface area is 117 Å². The molecule has 0 atom stereocenters. The SMILES string of the molecule is CC(C)NC(=O)NC1=NN(c2ccccc2Cl)CC1. The van der Waals surface area contributed by atoms with Crippen LogP contribution < -0.4 is 15.6 Å². The molecule has 0 fully saturated rings. The van der Waals surface area contributed by atoms with Crippen LogP contribution in [0.15, 0.2) is 29.4 Å². The van der Waals surface area contributed by atoms with Crippen molar-refractivity contribution in [3.8, 4) is 0 Å². The summed E-state index contributed by atoms with van der Waals surface area (Å²) in [5.41, 5.74) is 0.852. The van der Waals surface area contributed by atoms with E-state index >= 15 is 0 Å². The van der Waals surface area contributed by atoms with Gasteiger partial charge in [0.25, 0.3) is 0 Å². The highest BCUT2D eigenvalue weighted by Gasteiger charge is 2.19. The van der Waals surface area contributed by atoms with E-state index in [2.05, 4.69) is 15.7 Å². The molecule has 0 bridgehead atoms. The van der Waals surface area contributed by atoms with E-state index in [1.54, 1.807) is 5.01 Å². The first-order valence-electron chi connectivity index (χ1n) is 6.23. The zero-order valence-corrected chi connectivity index (χ0v) is 11.7. The number of benzene rings is 1. The molecule has 0 unspecified atom stereocenters. The lowest BCUT2D eigenvalue weighted by Gasteiger charge is -2.14. The third-order valence-corrected chi connectivity index (χ3v) is 2.93. The van der Waals surface area contributed by atoms with Gasteiger partial charge >= 0.3 is 6.03 Å². The Morgan fingerprint density at radius 1 is 1.42 bits per heavy atom. The van der Waals surface area contributed by atoms with Crippen LogP contribution >= 0.6 is 11.6 Å². The first kappa shape index (κ1) is 13.7. The number of carbonyl (C=O) groups is 1. The molecular weight excluding hydrogens is 264 g/mol. The van der Waals surface area contributed by atoms with Crippen LogP contribution in [-0.2, 0) is 0 Å². The molecule has 1 aliphatic heterocycles. The Morgan fingerprint density at radius 3 is 2.84 bits per heavy atom.